The highest BCUT2D eigenvalue weighted by molar-refractivity contribution is 7.12. The number of thiophene rings is 1. The van der Waals surface area contributed by atoms with Crippen molar-refractivity contribution in [1.82, 2.24) is 0 Å². The number of unbranched alkanes of at least 4 members (excludes halogenated alkanes) is 2. The van der Waals surface area contributed by atoms with E-state index in [0.29, 0.717) is 16.1 Å². The van der Waals surface area contributed by atoms with Crippen LogP contribution in [0.2, 0.25) is 0 Å². The number of allylic oxidation sites excluding steroid dienone is 1. The Morgan fingerprint density at radius 2 is 1.67 bits per heavy atom. The molecule has 3 aromatic carbocycles. The van der Waals surface area contributed by atoms with Crippen LogP contribution in [0.4, 0.5) is 11.4 Å². The number of nitrogens with zero attached hydrogens (tertiary/aromatic N) is 1. The van der Waals surface area contributed by atoms with E-state index in [1.54, 1.807) is 0 Å². The summed E-state index contributed by atoms with van der Waals surface area (Å²) in [6, 6.07) is 25.8. The molecule has 1 saturated heterocycles. The summed E-state index contributed by atoms with van der Waals surface area (Å²) in [5.41, 5.74) is 4.81. The maximum absolute atomic E-state index is 15.0. The molecule has 4 heterocycles. The van der Waals surface area contributed by atoms with Gasteiger partial charge in [-0.2, -0.15) is 0 Å². The van der Waals surface area contributed by atoms with Crippen LogP contribution in [0.15, 0.2) is 96.4 Å². The lowest BCUT2D eigenvalue weighted by Gasteiger charge is -2.39. The van der Waals surface area contributed by atoms with E-state index in [4.69, 9.17) is 0 Å². The number of carbonyl (C=O) groups excluding carboxylic acids is 3. The molecule has 0 bridgehead atoms. The first-order valence-electron chi connectivity index (χ1n) is 15.1. The zero-order valence-electron chi connectivity index (χ0n) is 24.4. The van der Waals surface area contributed by atoms with Crippen LogP contribution in [0.1, 0.15) is 69.8 Å². The van der Waals surface area contributed by atoms with Gasteiger partial charge < -0.3 is 10.2 Å². The van der Waals surface area contributed by atoms with Crippen molar-refractivity contribution in [3.8, 4) is 0 Å². The Kier molecular flexibility index (Phi) is 6.89. The van der Waals surface area contributed by atoms with Crippen molar-refractivity contribution in [1.29, 1.82) is 0 Å². The summed E-state index contributed by atoms with van der Waals surface area (Å²) < 4.78 is 0. The van der Waals surface area contributed by atoms with Gasteiger partial charge in [-0.3, -0.25) is 14.4 Å². The number of fused-ring (bicyclic) bond motifs is 6. The van der Waals surface area contributed by atoms with Gasteiger partial charge in [-0.15, -0.1) is 11.3 Å². The molecule has 1 fully saturated rings. The van der Waals surface area contributed by atoms with Crippen molar-refractivity contribution in [2.75, 3.05) is 10.2 Å². The molecule has 216 valence electrons. The second-order valence-electron chi connectivity index (χ2n) is 11.9. The Hall–Kier alpha value is -4.29. The van der Waals surface area contributed by atoms with Gasteiger partial charge in [-0.05, 0) is 60.0 Å². The van der Waals surface area contributed by atoms with Gasteiger partial charge >= 0.3 is 0 Å². The predicted octanol–water partition coefficient (Wildman–Crippen LogP) is 7.73. The molecule has 0 radical (unpaired) electrons. The molecule has 6 heteroatoms. The number of Topliss-reactive ketones (excluding diaryl/α,β-unsaturated/α-hetero) is 2. The topological polar surface area (TPSA) is 66.5 Å². The fourth-order valence-corrected chi connectivity index (χ4v) is 8.24. The molecule has 1 N–H and O–H groups in total. The molecule has 1 spiro atoms. The number of nitrogens with one attached hydrogen (secondary N) is 1. The Labute approximate surface area is 256 Å². The highest BCUT2D eigenvalue weighted by Gasteiger charge is 2.70. The lowest BCUT2D eigenvalue weighted by Crippen LogP contribution is -2.51. The Morgan fingerprint density at radius 1 is 0.907 bits per heavy atom. The standard InChI is InChI=1S/C37H34N2O3S/c1-3-4-5-11-24-17-19-25(20-18-24)34(40)32-33(35(41)30-16-10-21-43-30)39-29-15-9-6-12-26(29)23(2)22-31(39)37(32)27-13-7-8-14-28(27)38-36(37)42/h6-10,12-22,31-33H,3-5,11H2,1-2H3,(H,38,42). The van der Waals surface area contributed by atoms with Crippen LogP contribution in [0.5, 0.6) is 0 Å². The lowest BCUT2D eigenvalue weighted by molar-refractivity contribution is -0.121. The number of carbonyl (C=O) groups is 3. The van der Waals surface area contributed by atoms with Crippen LogP contribution in [0, 0.1) is 5.92 Å². The van der Waals surface area contributed by atoms with E-state index in [-0.39, 0.29) is 17.5 Å². The molecule has 4 atom stereocenters. The highest BCUT2D eigenvalue weighted by Crippen LogP contribution is 2.58. The van der Waals surface area contributed by atoms with Gasteiger partial charge in [0.2, 0.25) is 5.91 Å². The van der Waals surface area contributed by atoms with Crippen LogP contribution >= 0.6 is 11.3 Å². The monoisotopic (exact) mass is 586 g/mol. The van der Waals surface area contributed by atoms with Gasteiger partial charge in [0.25, 0.3) is 0 Å². The number of amides is 1. The molecule has 7 rings (SSSR count). The minimum Gasteiger partial charge on any atom is -0.352 e. The molecular weight excluding hydrogens is 552 g/mol. The maximum atomic E-state index is 15.0. The summed E-state index contributed by atoms with van der Waals surface area (Å²) >= 11 is 1.37. The zero-order chi connectivity index (χ0) is 29.7. The molecule has 43 heavy (non-hydrogen) atoms. The third kappa shape index (κ3) is 4.14. The summed E-state index contributed by atoms with van der Waals surface area (Å²) in [7, 11) is 0. The molecule has 0 saturated carbocycles. The summed E-state index contributed by atoms with van der Waals surface area (Å²) in [5, 5.41) is 5.00. The largest absolute Gasteiger partial charge is 0.352 e. The van der Waals surface area contributed by atoms with Crippen molar-refractivity contribution in [3.63, 3.8) is 0 Å². The van der Waals surface area contributed by atoms with Crippen LogP contribution in [0.25, 0.3) is 5.57 Å². The number of anilines is 2. The van der Waals surface area contributed by atoms with Gasteiger partial charge in [-0.1, -0.05) is 92.6 Å². The quantitative estimate of drug-likeness (QED) is 0.170. The van der Waals surface area contributed by atoms with Crippen LogP contribution in [-0.4, -0.2) is 29.6 Å². The highest BCUT2D eigenvalue weighted by atomic mass is 32.1. The zero-order valence-corrected chi connectivity index (χ0v) is 25.2. The Balaban J connectivity index is 1.45. The minimum absolute atomic E-state index is 0.133. The van der Waals surface area contributed by atoms with Crippen LogP contribution < -0.4 is 10.2 Å². The van der Waals surface area contributed by atoms with Gasteiger partial charge in [-0.25, -0.2) is 0 Å². The normalized spacial score (nSPS) is 23.4. The number of ketones is 2. The fraction of sp³-hybridized carbons (Fsp3) is 0.270. The summed E-state index contributed by atoms with van der Waals surface area (Å²) in [6.07, 6.45) is 6.48. The van der Waals surface area contributed by atoms with Crippen LogP contribution in [0.3, 0.4) is 0 Å². The number of benzene rings is 3. The van der Waals surface area contributed by atoms with Gasteiger partial charge in [0.1, 0.15) is 11.5 Å². The Morgan fingerprint density at radius 3 is 2.44 bits per heavy atom. The third-order valence-electron chi connectivity index (χ3n) is 9.51. The van der Waals surface area contributed by atoms with Gasteiger partial charge in [0, 0.05) is 22.5 Å². The molecule has 3 aliphatic heterocycles. The number of hydrogen-bond donors (Lipinski definition) is 1. The van der Waals surface area contributed by atoms with Crippen LogP contribution in [-0.2, 0) is 16.6 Å². The summed E-state index contributed by atoms with van der Waals surface area (Å²) in [4.78, 5) is 46.8. The van der Waals surface area contributed by atoms with Crippen molar-refractivity contribution in [3.05, 3.63) is 124 Å². The van der Waals surface area contributed by atoms with Crippen molar-refractivity contribution in [2.45, 2.75) is 57.0 Å². The van der Waals surface area contributed by atoms with E-state index in [1.165, 1.54) is 16.9 Å². The van der Waals surface area contributed by atoms with E-state index in [1.807, 2.05) is 97.2 Å². The SMILES string of the molecule is CCCCCc1ccc(C(=O)C2C(C(=O)c3cccs3)N3c4ccccc4C(C)=CC3C23C(=O)Nc2ccccc23)cc1. The Bertz CT molecular complexity index is 1760. The number of hydrogen-bond acceptors (Lipinski definition) is 5. The third-order valence-corrected chi connectivity index (χ3v) is 10.4. The van der Waals surface area contributed by atoms with Crippen molar-refractivity contribution in [2.24, 2.45) is 5.92 Å². The first-order valence-corrected chi connectivity index (χ1v) is 16.0. The van der Waals surface area contributed by atoms with Crippen molar-refractivity contribution < 1.29 is 14.4 Å². The average Bonchev–Trinajstić information content (AvgIpc) is 3.74. The molecule has 4 unspecified atom stereocenters. The van der Waals surface area contributed by atoms with E-state index < -0.39 is 23.4 Å². The lowest BCUT2D eigenvalue weighted by atomic mass is 9.64. The predicted molar refractivity (Wildman–Crippen MR) is 173 cm³/mol. The second-order valence-corrected chi connectivity index (χ2v) is 12.8. The molecule has 5 nitrogen and oxygen atoms in total. The summed E-state index contributed by atoms with van der Waals surface area (Å²) in [6.45, 7) is 4.23. The first kappa shape index (κ1) is 27.5. The molecule has 0 aliphatic carbocycles. The molecule has 1 aromatic heterocycles. The molecule has 1 amide bonds. The molecule has 4 aromatic rings. The van der Waals surface area contributed by atoms with Gasteiger partial charge in [0.05, 0.1) is 16.8 Å². The second kappa shape index (κ2) is 10.8. The molecular formula is C37H34N2O3S. The number of rotatable bonds is 8. The molecule has 3 aliphatic rings. The van der Waals surface area contributed by atoms with E-state index in [0.717, 1.165) is 48.1 Å². The summed E-state index contributed by atoms with van der Waals surface area (Å²) in [5.74, 6) is -1.49. The van der Waals surface area contributed by atoms with Gasteiger partial charge in [0.15, 0.2) is 11.6 Å². The number of para-hydroxylation sites is 2. The van der Waals surface area contributed by atoms with E-state index >= 15 is 0 Å². The minimum atomic E-state index is -1.29. The maximum Gasteiger partial charge on any atom is 0.238 e. The number of aryl methyl sites for hydroxylation is 1. The fourth-order valence-electron chi connectivity index (χ4n) is 7.55. The average molecular weight is 587 g/mol. The first-order chi connectivity index (χ1) is 21.0. The van der Waals surface area contributed by atoms with E-state index in [9.17, 15) is 14.4 Å². The van der Waals surface area contributed by atoms with E-state index in [2.05, 4.69) is 23.2 Å². The smallest absolute Gasteiger partial charge is 0.238 e. The van der Waals surface area contributed by atoms with Crippen molar-refractivity contribution >= 4 is 45.8 Å².